The van der Waals surface area contributed by atoms with Crippen molar-refractivity contribution in [3.8, 4) is 0 Å². The molecule has 5 heteroatoms. The van der Waals surface area contributed by atoms with E-state index in [2.05, 4.69) is 0 Å². The Hall–Kier alpha value is -0.420. The fourth-order valence-electron chi connectivity index (χ4n) is 0.984. The lowest BCUT2D eigenvalue weighted by atomic mass is 10.3. The van der Waals surface area contributed by atoms with Crippen LogP contribution in [0.5, 0.6) is 0 Å². The van der Waals surface area contributed by atoms with Gasteiger partial charge in [0.05, 0.1) is 17.8 Å². The van der Waals surface area contributed by atoms with E-state index < -0.39 is 9.84 Å². The molecule has 2 N–H and O–H groups in total. The zero-order chi connectivity index (χ0) is 10.5. The van der Waals surface area contributed by atoms with Crippen molar-refractivity contribution in [2.24, 2.45) is 11.7 Å². The Morgan fingerprint density at radius 3 is 2.38 bits per heavy atom. The fraction of sp³-hybridized carbons (Fsp3) is 0.750. The Labute approximate surface area is 78.7 Å². The first-order chi connectivity index (χ1) is 5.91. The molecular formula is C8H16FNO2S. The van der Waals surface area contributed by atoms with Crippen molar-refractivity contribution in [2.75, 3.05) is 18.1 Å². The summed E-state index contributed by atoms with van der Waals surface area (Å²) in [4.78, 5) is 0. The van der Waals surface area contributed by atoms with Crippen molar-refractivity contribution in [1.82, 2.24) is 0 Å². The number of hydrogen-bond donors (Lipinski definition) is 1. The van der Waals surface area contributed by atoms with E-state index in [0.717, 1.165) is 0 Å². The highest BCUT2D eigenvalue weighted by Gasteiger charge is 2.14. The van der Waals surface area contributed by atoms with Gasteiger partial charge < -0.3 is 5.73 Å². The van der Waals surface area contributed by atoms with Crippen LogP contribution in [-0.2, 0) is 9.84 Å². The molecule has 0 fully saturated rings. The molecule has 0 radical (unpaired) electrons. The fourth-order valence-corrected chi connectivity index (χ4v) is 2.86. The van der Waals surface area contributed by atoms with E-state index in [1.54, 1.807) is 13.8 Å². The Bertz CT molecular complexity index is 270. The number of rotatable bonds is 5. The number of nitrogens with two attached hydrogens (primary N) is 1. The first-order valence-corrected chi connectivity index (χ1v) is 5.92. The quantitative estimate of drug-likeness (QED) is 0.731. The lowest BCUT2D eigenvalue weighted by molar-refractivity contribution is 0.583. The molecule has 0 rings (SSSR count). The molecule has 0 unspecified atom stereocenters. The lowest BCUT2D eigenvalue weighted by Gasteiger charge is -2.07. The molecule has 0 aromatic carbocycles. The van der Waals surface area contributed by atoms with Crippen LogP contribution in [0.25, 0.3) is 0 Å². The smallest absolute Gasteiger partial charge is 0.154 e. The van der Waals surface area contributed by atoms with E-state index in [0.29, 0.717) is 0 Å². The molecule has 0 spiro atoms. The van der Waals surface area contributed by atoms with Gasteiger partial charge in [-0.15, -0.1) is 0 Å². The van der Waals surface area contributed by atoms with Crippen molar-refractivity contribution in [1.29, 1.82) is 0 Å². The molecule has 0 heterocycles. The highest BCUT2D eigenvalue weighted by molar-refractivity contribution is 7.91. The largest absolute Gasteiger partial charge is 0.327 e. The van der Waals surface area contributed by atoms with Gasteiger partial charge in [0.1, 0.15) is 0 Å². The zero-order valence-electron chi connectivity index (χ0n) is 7.96. The van der Waals surface area contributed by atoms with Gasteiger partial charge in [-0.05, 0) is 11.5 Å². The molecule has 0 amide bonds. The summed E-state index contributed by atoms with van der Waals surface area (Å²) < 4.78 is 34.6. The highest BCUT2D eigenvalue weighted by Crippen LogP contribution is 2.05. The molecule has 0 saturated heterocycles. The van der Waals surface area contributed by atoms with Crippen molar-refractivity contribution < 1.29 is 12.8 Å². The lowest BCUT2D eigenvalue weighted by Crippen LogP contribution is -2.19. The van der Waals surface area contributed by atoms with Crippen LogP contribution in [0.15, 0.2) is 11.9 Å². The maximum absolute atomic E-state index is 12.0. The SMILES string of the molecule is CC(C)CS(=O)(=O)C/C(=C\F)CN. The maximum atomic E-state index is 12.0. The van der Waals surface area contributed by atoms with E-state index in [9.17, 15) is 12.8 Å². The third-order valence-corrected chi connectivity index (χ3v) is 3.39. The summed E-state index contributed by atoms with van der Waals surface area (Å²) in [6.07, 6.45) is 0.276. The van der Waals surface area contributed by atoms with E-state index in [4.69, 9.17) is 5.73 Å². The van der Waals surface area contributed by atoms with Gasteiger partial charge >= 0.3 is 0 Å². The van der Waals surface area contributed by atoms with Crippen molar-refractivity contribution in [3.05, 3.63) is 11.9 Å². The van der Waals surface area contributed by atoms with Gasteiger partial charge in [-0.25, -0.2) is 12.8 Å². The van der Waals surface area contributed by atoms with E-state index in [1.165, 1.54) is 0 Å². The summed E-state index contributed by atoms with van der Waals surface area (Å²) >= 11 is 0. The van der Waals surface area contributed by atoms with Crippen LogP contribution in [0.3, 0.4) is 0 Å². The second-order valence-corrected chi connectivity index (χ2v) is 5.53. The van der Waals surface area contributed by atoms with Crippen molar-refractivity contribution in [2.45, 2.75) is 13.8 Å². The Morgan fingerprint density at radius 2 is 2.08 bits per heavy atom. The Kier molecular flexibility index (Phi) is 5.17. The molecule has 0 aliphatic carbocycles. The topological polar surface area (TPSA) is 60.2 Å². The van der Waals surface area contributed by atoms with Crippen LogP contribution < -0.4 is 5.73 Å². The first-order valence-electron chi connectivity index (χ1n) is 4.10. The third kappa shape index (κ3) is 5.76. The molecule has 0 bridgehead atoms. The number of halogens is 1. The van der Waals surface area contributed by atoms with Crippen LogP contribution in [0, 0.1) is 5.92 Å². The van der Waals surface area contributed by atoms with Gasteiger partial charge in [0.15, 0.2) is 9.84 Å². The minimum absolute atomic E-state index is 0.0478. The number of sulfone groups is 1. The second-order valence-electron chi connectivity index (χ2n) is 3.42. The standard InChI is InChI=1S/C8H16FNO2S/c1-7(2)5-13(11,12)6-8(3-9)4-10/h3,7H,4-6,10H2,1-2H3/b8-3-. The van der Waals surface area contributed by atoms with Crippen LogP contribution in [0.1, 0.15) is 13.8 Å². The van der Waals surface area contributed by atoms with Crippen molar-refractivity contribution in [3.63, 3.8) is 0 Å². The van der Waals surface area contributed by atoms with Crippen LogP contribution in [-0.4, -0.2) is 26.5 Å². The Morgan fingerprint density at radius 1 is 1.54 bits per heavy atom. The predicted octanol–water partition coefficient (Wildman–Crippen LogP) is 0.869. The molecule has 78 valence electrons. The van der Waals surface area contributed by atoms with Gasteiger partial charge in [-0.2, -0.15) is 0 Å². The van der Waals surface area contributed by atoms with Crippen LogP contribution >= 0.6 is 0 Å². The minimum Gasteiger partial charge on any atom is -0.327 e. The third-order valence-electron chi connectivity index (χ3n) is 1.41. The maximum Gasteiger partial charge on any atom is 0.154 e. The van der Waals surface area contributed by atoms with Gasteiger partial charge in [0, 0.05) is 6.54 Å². The normalized spacial score (nSPS) is 13.8. The predicted molar refractivity (Wildman–Crippen MR) is 51.7 cm³/mol. The van der Waals surface area contributed by atoms with Gasteiger partial charge in [0.25, 0.3) is 0 Å². The second kappa shape index (κ2) is 5.34. The summed E-state index contributed by atoms with van der Waals surface area (Å²) in [7, 11) is -3.19. The summed E-state index contributed by atoms with van der Waals surface area (Å²) in [5, 5.41) is 0. The summed E-state index contributed by atoms with van der Waals surface area (Å²) in [6, 6.07) is 0. The average Bonchev–Trinajstić information content (AvgIpc) is 1.97. The molecule has 0 aliphatic rings. The molecular weight excluding hydrogens is 193 g/mol. The molecule has 0 saturated carbocycles. The van der Waals surface area contributed by atoms with Gasteiger partial charge in [0.2, 0.25) is 0 Å². The molecule has 0 aromatic rings. The molecule has 13 heavy (non-hydrogen) atoms. The van der Waals surface area contributed by atoms with Crippen molar-refractivity contribution >= 4 is 9.84 Å². The minimum atomic E-state index is -3.19. The average molecular weight is 209 g/mol. The van der Waals surface area contributed by atoms with Crippen LogP contribution in [0.4, 0.5) is 4.39 Å². The molecule has 0 aromatic heterocycles. The highest BCUT2D eigenvalue weighted by atomic mass is 32.2. The summed E-state index contributed by atoms with van der Waals surface area (Å²) in [5.41, 5.74) is 5.27. The molecule has 0 aliphatic heterocycles. The van der Waals surface area contributed by atoms with E-state index in [-0.39, 0.29) is 35.9 Å². The summed E-state index contributed by atoms with van der Waals surface area (Å²) in [6.45, 7) is 3.56. The van der Waals surface area contributed by atoms with Crippen LogP contribution in [0.2, 0.25) is 0 Å². The van der Waals surface area contributed by atoms with E-state index in [1.807, 2.05) is 0 Å². The summed E-state index contributed by atoms with van der Waals surface area (Å²) in [5.74, 6) is -0.133. The monoisotopic (exact) mass is 209 g/mol. The first kappa shape index (κ1) is 12.6. The Balaban J connectivity index is 4.34. The van der Waals surface area contributed by atoms with Gasteiger partial charge in [-0.3, -0.25) is 0 Å². The molecule has 0 atom stereocenters. The molecule has 3 nitrogen and oxygen atoms in total. The van der Waals surface area contributed by atoms with E-state index >= 15 is 0 Å². The number of hydrogen-bond acceptors (Lipinski definition) is 3. The zero-order valence-corrected chi connectivity index (χ0v) is 8.77. The van der Waals surface area contributed by atoms with Gasteiger partial charge in [-0.1, -0.05) is 13.8 Å².